The predicted octanol–water partition coefficient (Wildman–Crippen LogP) is 2.00. The summed E-state index contributed by atoms with van der Waals surface area (Å²) < 4.78 is 26.0. The number of benzene rings is 1. The summed E-state index contributed by atoms with van der Waals surface area (Å²) in [4.78, 5) is 1.74. The molecule has 1 atom stereocenters. The zero-order valence-electron chi connectivity index (χ0n) is 9.00. The second kappa shape index (κ2) is 5.07. The summed E-state index contributed by atoms with van der Waals surface area (Å²) in [5.74, 6) is -0.822. The van der Waals surface area contributed by atoms with E-state index in [2.05, 4.69) is 0 Å². The summed E-state index contributed by atoms with van der Waals surface area (Å²) in [5.41, 5.74) is 5.88. The molecule has 1 rings (SSSR count). The molecule has 0 aliphatic carbocycles. The Morgan fingerprint density at radius 3 is 2.60 bits per heavy atom. The molecule has 2 nitrogen and oxygen atoms in total. The molecule has 0 heterocycles. The molecule has 0 amide bonds. The van der Waals surface area contributed by atoms with Gasteiger partial charge in [-0.1, -0.05) is 6.92 Å². The SMILES string of the molecule is CC(CN)CN(C)c1ccc(F)cc1F. The smallest absolute Gasteiger partial charge is 0.149 e. The third-order valence-corrected chi connectivity index (χ3v) is 2.31. The van der Waals surface area contributed by atoms with Crippen LogP contribution in [0.1, 0.15) is 6.92 Å². The van der Waals surface area contributed by atoms with Gasteiger partial charge in [-0.15, -0.1) is 0 Å². The van der Waals surface area contributed by atoms with Crippen molar-refractivity contribution in [3.8, 4) is 0 Å². The number of hydrogen-bond donors (Lipinski definition) is 1. The Labute approximate surface area is 88.7 Å². The van der Waals surface area contributed by atoms with E-state index >= 15 is 0 Å². The van der Waals surface area contributed by atoms with Crippen LogP contribution in [0.4, 0.5) is 14.5 Å². The van der Waals surface area contributed by atoms with Crippen LogP contribution < -0.4 is 10.6 Å². The predicted molar refractivity (Wildman–Crippen MR) is 57.8 cm³/mol. The lowest BCUT2D eigenvalue weighted by molar-refractivity contribution is 0.561. The molecule has 0 spiro atoms. The molecule has 2 N–H and O–H groups in total. The molecule has 0 saturated carbocycles. The Kier molecular flexibility index (Phi) is 4.03. The monoisotopic (exact) mass is 214 g/mol. The summed E-state index contributed by atoms with van der Waals surface area (Å²) in [5, 5.41) is 0. The maximum Gasteiger partial charge on any atom is 0.149 e. The van der Waals surface area contributed by atoms with Crippen LogP contribution in [0, 0.1) is 17.6 Å². The van der Waals surface area contributed by atoms with Gasteiger partial charge in [-0.05, 0) is 24.6 Å². The fourth-order valence-corrected chi connectivity index (χ4v) is 1.43. The van der Waals surface area contributed by atoms with Gasteiger partial charge in [0.2, 0.25) is 0 Å². The minimum atomic E-state index is -0.559. The zero-order valence-corrected chi connectivity index (χ0v) is 9.00. The molecule has 1 unspecified atom stereocenters. The molecule has 84 valence electrons. The Morgan fingerprint density at radius 2 is 2.07 bits per heavy atom. The first-order chi connectivity index (χ1) is 7.04. The average Bonchev–Trinajstić information content (AvgIpc) is 2.17. The largest absolute Gasteiger partial charge is 0.372 e. The summed E-state index contributed by atoms with van der Waals surface area (Å²) in [6.07, 6.45) is 0. The fourth-order valence-electron chi connectivity index (χ4n) is 1.43. The average molecular weight is 214 g/mol. The normalized spacial score (nSPS) is 12.6. The van der Waals surface area contributed by atoms with Gasteiger partial charge in [0.1, 0.15) is 11.6 Å². The third kappa shape index (κ3) is 3.16. The van der Waals surface area contributed by atoms with Gasteiger partial charge in [0.05, 0.1) is 5.69 Å². The Hall–Kier alpha value is -1.16. The number of anilines is 1. The lowest BCUT2D eigenvalue weighted by atomic mass is 10.1. The van der Waals surface area contributed by atoms with E-state index < -0.39 is 11.6 Å². The van der Waals surface area contributed by atoms with Gasteiger partial charge in [-0.2, -0.15) is 0 Å². The quantitative estimate of drug-likeness (QED) is 0.830. The first-order valence-electron chi connectivity index (χ1n) is 4.91. The molecule has 15 heavy (non-hydrogen) atoms. The van der Waals surface area contributed by atoms with Crippen molar-refractivity contribution >= 4 is 5.69 Å². The van der Waals surface area contributed by atoms with Gasteiger partial charge in [0.15, 0.2) is 0 Å². The summed E-state index contributed by atoms with van der Waals surface area (Å²) in [6.45, 7) is 3.18. The van der Waals surface area contributed by atoms with Crippen LogP contribution in [0.3, 0.4) is 0 Å². The van der Waals surface area contributed by atoms with Crippen LogP contribution in [0.5, 0.6) is 0 Å². The topological polar surface area (TPSA) is 29.3 Å². The molecule has 1 aromatic carbocycles. The van der Waals surface area contributed by atoms with Crippen LogP contribution in [-0.4, -0.2) is 20.1 Å². The standard InChI is InChI=1S/C11H16F2N2/c1-8(6-14)7-15(2)11-4-3-9(12)5-10(11)13/h3-5,8H,6-7,14H2,1-2H3. The first-order valence-corrected chi connectivity index (χ1v) is 4.91. The molecular formula is C11H16F2N2. The number of rotatable bonds is 4. The van der Waals surface area contributed by atoms with Crippen molar-refractivity contribution in [1.29, 1.82) is 0 Å². The molecule has 0 radical (unpaired) electrons. The van der Waals surface area contributed by atoms with Crippen LogP contribution in [0.15, 0.2) is 18.2 Å². The van der Waals surface area contributed by atoms with E-state index in [4.69, 9.17) is 5.73 Å². The van der Waals surface area contributed by atoms with Crippen molar-refractivity contribution in [2.24, 2.45) is 11.7 Å². The number of nitrogens with zero attached hydrogens (tertiary/aromatic N) is 1. The highest BCUT2D eigenvalue weighted by Crippen LogP contribution is 2.19. The minimum Gasteiger partial charge on any atom is -0.372 e. The number of hydrogen-bond acceptors (Lipinski definition) is 2. The van der Waals surface area contributed by atoms with E-state index in [1.54, 1.807) is 11.9 Å². The number of nitrogens with two attached hydrogens (primary N) is 1. The third-order valence-electron chi connectivity index (χ3n) is 2.31. The first kappa shape index (κ1) is 11.9. The highest BCUT2D eigenvalue weighted by atomic mass is 19.1. The number of halogens is 2. The van der Waals surface area contributed by atoms with Crippen molar-refractivity contribution in [1.82, 2.24) is 0 Å². The minimum absolute atomic E-state index is 0.277. The lowest BCUT2D eigenvalue weighted by Crippen LogP contribution is -2.28. The van der Waals surface area contributed by atoms with Gasteiger partial charge in [0, 0.05) is 19.7 Å². The Morgan fingerprint density at radius 1 is 1.40 bits per heavy atom. The van der Waals surface area contributed by atoms with Crippen molar-refractivity contribution in [2.45, 2.75) is 6.92 Å². The Balaban J connectivity index is 2.77. The van der Waals surface area contributed by atoms with E-state index in [1.807, 2.05) is 6.92 Å². The van der Waals surface area contributed by atoms with Gasteiger partial charge < -0.3 is 10.6 Å². The van der Waals surface area contributed by atoms with Crippen LogP contribution in [-0.2, 0) is 0 Å². The van der Waals surface area contributed by atoms with Gasteiger partial charge in [-0.3, -0.25) is 0 Å². The molecule has 4 heteroatoms. The Bertz CT molecular complexity index is 328. The summed E-state index contributed by atoms with van der Waals surface area (Å²) in [6, 6.07) is 3.58. The van der Waals surface area contributed by atoms with E-state index in [0.29, 0.717) is 18.8 Å². The lowest BCUT2D eigenvalue weighted by Gasteiger charge is -2.23. The molecule has 0 fully saturated rings. The molecule has 0 bridgehead atoms. The highest BCUT2D eigenvalue weighted by molar-refractivity contribution is 5.47. The molecule has 0 aliphatic heterocycles. The summed E-state index contributed by atoms with van der Waals surface area (Å²) in [7, 11) is 1.77. The van der Waals surface area contributed by atoms with E-state index in [1.165, 1.54) is 12.1 Å². The molecule has 1 aromatic rings. The van der Waals surface area contributed by atoms with Crippen molar-refractivity contribution in [3.63, 3.8) is 0 Å². The van der Waals surface area contributed by atoms with E-state index in [-0.39, 0.29) is 5.92 Å². The van der Waals surface area contributed by atoms with Crippen molar-refractivity contribution in [3.05, 3.63) is 29.8 Å². The molecule has 0 aliphatic rings. The summed E-state index contributed by atoms with van der Waals surface area (Å²) >= 11 is 0. The molecule has 0 saturated heterocycles. The van der Waals surface area contributed by atoms with E-state index in [9.17, 15) is 8.78 Å². The molecule has 0 aromatic heterocycles. The zero-order chi connectivity index (χ0) is 11.4. The van der Waals surface area contributed by atoms with Crippen LogP contribution >= 0.6 is 0 Å². The highest BCUT2D eigenvalue weighted by Gasteiger charge is 2.10. The van der Waals surface area contributed by atoms with Crippen molar-refractivity contribution in [2.75, 3.05) is 25.0 Å². The van der Waals surface area contributed by atoms with Crippen LogP contribution in [0.2, 0.25) is 0 Å². The fraction of sp³-hybridized carbons (Fsp3) is 0.455. The van der Waals surface area contributed by atoms with Crippen molar-refractivity contribution < 1.29 is 8.78 Å². The second-order valence-electron chi connectivity index (χ2n) is 3.82. The van der Waals surface area contributed by atoms with Gasteiger partial charge in [-0.25, -0.2) is 8.78 Å². The van der Waals surface area contributed by atoms with E-state index in [0.717, 1.165) is 6.07 Å². The maximum atomic E-state index is 13.3. The van der Waals surface area contributed by atoms with Gasteiger partial charge in [0.25, 0.3) is 0 Å². The van der Waals surface area contributed by atoms with Gasteiger partial charge >= 0.3 is 0 Å². The van der Waals surface area contributed by atoms with Crippen LogP contribution in [0.25, 0.3) is 0 Å². The maximum absolute atomic E-state index is 13.3. The second-order valence-corrected chi connectivity index (χ2v) is 3.82. The molecular weight excluding hydrogens is 198 g/mol.